The number of aromatic nitrogens is 1. The number of fused-ring (bicyclic) bond motifs is 1. The molecule has 3 rings (SSSR count). The van der Waals surface area contributed by atoms with Gasteiger partial charge in [0.2, 0.25) is 11.8 Å². The van der Waals surface area contributed by atoms with Crippen molar-refractivity contribution in [1.29, 1.82) is 0 Å². The van der Waals surface area contributed by atoms with Crippen LogP contribution in [0, 0.1) is 0 Å². The molecular weight excluding hydrogens is 555 g/mol. The van der Waals surface area contributed by atoms with E-state index >= 15 is 0 Å². The van der Waals surface area contributed by atoms with E-state index in [1.165, 1.54) is 36.2 Å². The van der Waals surface area contributed by atoms with Crippen molar-refractivity contribution in [2.45, 2.75) is 52.1 Å². The highest BCUT2D eigenvalue weighted by atomic mass is 19.4. The first-order valence-corrected chi connectivity index (χ1v) is 13.5. The van der Waals surface area contributed by atoms with Crippen LogP contribution in [0.1, 0.15) is 43.2 Å². The van der Waals surface area contributed by atoms with Crippen LogP contribution in [0.5, 0.6) is 0 Å². The Bertz CT molecular complexity index is 1260. The quantitative estimate of drug-likeness (QED) is 0.445. The van der Waals surface area contributed by atoms with Gasteiger partial charge in [0.25, 0.3) is 0 Å². The van der Waals surface area contributed by atoms with Crippen LogP contribution in [0.15, 0.2) is 36.5 Å². The van der Waals surface area contributed by atoms with E-state index in [-0.39, 0.29) is 37.8 Å². The predicted molar refractivity (Wildman–Crippen MR) is 149 cm³/mol. The van der Waals surface area contributed by atoms with Crippen molar-refractivity contribution in [3.8, 4) is 0 Å². The standard InChI is InChI=1S/C29H38F3N5O5/c1-28(2,3)42-27(40)35(4)14-15-37(18-24-22(29(30,31)32)9-7-12-33-24)25(38)16-34-23-10-6-8-20-17-36(13-11-21(20)23)26(39)19-41-5/h6-10,12,34H,11,13-19H2,1-5H3. The van der Waals surface area contributed by atoms with Gasteiger partial charge in [-0.3, -0.25) is 14.6 Å². The summed E-state index contributed by atoms with van der Waals surface area (Å²) in [6, 6.07) is 7.66. The molecule has 2 aromatic rings. The van der Waals surface area contributed by atoms with Gasteiger partial charge in [-0.15, -0.1) is 0 Å². The smallest absolute Gasteiger partial charge is 0.418 e. The number of benzene rings is 1. The number of nitrogens with one attached hydrogen (secondary N) is 1. The number of rotatable bonds is 10. The monoisotopic (exact) mass is 593 g/mol. The van der Waals surface area contributed by atoms with Gasteiger partial charge >= 0.3 is 12.3 Å². The van der Waals surface area contributed by atoms with Crippen molar-refractivity contribution in [3.05, 3.63) is 58.9 Å². The van der Waals surface area contributed by atoms with E-state index in [0.29, 0.717) is 25.2 Å². The second-order valence-electron chi connectivity index (χ2n) is 11.0. The van der Waals surface area contributed by atoms with Gasteiger partial charge in [0.15, 0.2) is 0 Å². The molecule has 0 atom stereocenters. The van der Waals surface area contributed by atoms with Gasteiger partial charge in [-0.05, 0) is 56.5 Å². The molecule has 1 aromatic carbocycles. The highest BCUT2D eigenvalue weighted by Gasteiger charge is 2.35. The number of hydrogen-bond acceptors (Lipinski definition) is 7. The molecule has 0 spiro atoms. The van der Waals surface area contributed by atoms with Gasteiger partial charge in [0, 0.05) is 52.2 Å². The fourth-order valence-corrected chi connectivity index (χ4v) is 4.48. The molecule has 1 aliphatic heterocycles. The number of halogens is 3. The van der Waals surface area contributed by atoms with E-state index in [1.807, 2.05) is 18.2 Å². The summed E-state index contributed by atoms with van der Waals surface area (Å²) in [6.45, 7) is 5.43. The van der Waals surface area contributed by atoms with Crippen LogP contribution in [-0.2, 0) is 44.7 Å². The fourth-order valence-electron chi connectivity index (χ4n) is 4.48. The zero-order valence-corrected chi connectivity index (χ0v) is 24.6. The summed E-state index contributed by atoms with van der Waals surface area (Å²) in [5.74, 6) is -0.590. The van der Waals surface area contributed by atoms with Crippen LogP contribution in [-0.4, -0.2) is 90.1 Å². The molecule has 13 heteroatoms. The molecule has 0 saturated heterocycles. The average molecular weight is 594 g/mol. The second-order valence-corrected chi connectivity index (χ2v) is 11.0. The molecule has 1 aliphatic rings. The number of anilines is 1. The molecule has 0 fully saturated rings. The summed E-state index contributed by atoms with van der Waals surface area (Å²) in [5.41, 5.74) is 0.648. The van der Waals surface area contributed by atoms with E-state index in [2.05, 4.69) is 10.3 Å². The Balaban J connectivity index is 1.76. The molecule has 10 nitrogen and oxygen atoms in total. The summed E-state index contributed by atoms with van der Waals surface area (Å²) < 4.78 is 51.3. The molecule has 0 saturated carbocycles. The van der Waals surface area contributed by atoms with Crippen molar-refractivity contribution in [3.63, 3.8) is 0 Å². The number of amides is 3. The molecule has 1 N–H and O–H groups in total. The van der Waals surface area contributed by atoms with Gasteiger partial charge in [0.1, 0.15) is 12.2 Å². The molecule has 2 heterocycles. The minimum Gasteiger partial charge on any atom is -0.444 e. The topological polar surface area (TPSA) is 104 Å². The summed E-state index contributed by atoms with van der Waals surface area (Å²) in [4.78, 5) is 46.2. The largest absolute Gasteiger partial charge is 0.444 e. The lowest BCUT2D eigenvalue weighted by atomic mass is 9.97. The summed E-state index contributed by atoms with van der Waals surface area (Å²) in [6.07, 6.45) is -3.45. The van der Waals surface area contributed by atoms with Crippen LogP contribution >= 0.6 is 0 Å². The number of likely N-dealkylation sites (N-methyl/N-ethyl adjacent to an activating group) is 1. The van der Waals surface area contributed by atoms with Crippen LogP contribution in [0.25, 0.3) is 0 Å². The Morgan fingerprint density at radius 1 is 1.10 bits per heavy atom. The van der Waals surface area contributed by atoms with Crippen LogP contribution in [0.3, 0.4) is 0 Å². The summed E-state index contributed by atoms with van der Waals surface area (Å²) in [7, 11) is 2.96. The van der Waals surface area contributed by atoms with Crippen molar-refractivity contribution < 1.29 is 37.0 Å². The number of pyridine rings is 1. The second kappa shape index (κ2) is 13.9. The SMILES string of the molecule is COCC(=O)N1CCc2c(cccc2NCC(=O)N(CCN(C)C(=O)OC(C)(C)C)Cc2ncccc2C(F)(F)F)C1. The number of methoxy groups -OCH3 is 1. The van der Waals surface area contributed by atoms with Gasteiger partial charge in [-0.2, -0.15) is 13.2 Å². The Hall–Kier alpha value is -3.87. The van der Waals surface area contributed by atoms with E-state index in [9.17, 15) is 27.6 Å². The number of alkyl halides is 3. The molecule has 0 aliphatic carbocycles. The Morgan fingerprint density at radius 3 is 2.50 bits per heavy atom. The first-order valence-electron chi connectivity index (χ1n) is 13.5. The van der Waals surface area contributed by atoms with E-state index in [0.717, 1.165) is 17.2 Å². The summed E-state index contributed by atoms with van der Waals surface area (Å²) in [5, 5.41) is 3.13. The molecular formula is C29H38F3N5O5. The maximum atomic E-state index is 13.7. The number of carbonyl (C=O) groups is 3. The average Bonchev–Trinajstić information content (AvgIpc) is 2.92. The van der Waals surface area contributed by atoms with Crippen LogP contribution < -0.4 is 5.32 Å². The fraction of sp³-hybridized carbons (Fsp3) is 0.517. The Kier molecular flexibility index (Phi) is 10.8. The maximum absolute atomic E-state index is 13.7. The number of carbonyl (C=O) groups excluding carboxylic acids is 3. The molecule has 1 aromatic heterocycles. The normalized spacial score (nSPS) is 13.3. The molecule has 230 valence electrons. The molecule has 0 unspecified atom stereocenters. The lowest BCUT2D eigenvalue weighted by molar-refractivity contribution is -0.140. The Morgan fingerprint density at radius 2 is 1.83 bits per heavy atom. The van der Waals surface area contributed by atoms with Crippen molar-refractivity contribution in [1.82, 2.24) is 19.7 Å². The minimum absolute atomic E-state index is 0.00689. The highest BCUT2D eigenvalue weighted by molar-refractivity contribution is 5.82. The van der Waals surface area contributed by atoms with Gasteiger partial charge in [0.05, 0.1) is 24.3 Å². The van der Waals surface area contributed by atoms with E-state index < -0.39 is 35.9 Å². The van der Waals surface area contributed by atoms with Crippen LogP contribution in [0.2, 0.25) is 0 Å². The number of ether oxygens (including phenoxy) is 2. The lowest BCUT2D eigenvalue weighted by Crippen LogP contribution is -2.43. The first kappa shape index (κ1) is 32.6. The maximum Gasteiger partial charge on any atom is 0.418 e. The van der Waals surface area contributed by atoms with Crippen LogP contribution in [0.4, 0.5) is 23.7 Å². The predicted octanol–water partition coefficient (Wildman–Crippen LogP) is 3.94. The van der Waals surface area contributed by atoms with E-state index in [1.54, 1.807) is 25.7 Å². The molecule has 3 amide bonds. The molecule has 0 bridgehead atoms. The zero-order valence-electron chi connectivity index (χ0n) is 24.6. The third kappa shape index (κ3) is 9.07. The van der Waals surface area contributed by atoms with Gasteiger partial charge in [-0.25, -0.2) is 4.79 Å². The molecule has 0 radical (unpaired) electrons. The number of hydrogen-bond donors (Lipinski definition) is 1. The minimum atomic E-state index is -4.65. The zero-order chi connectivity index (χ0) is 31.1. The van der Waals surface area contributed by atoms with Gasteiger partial charge in [-0.1, -0.05) is 12.1 Å². The highest BCUT2D eigenvalue weighted by Crippen LogP contribution is 2.31. The molecule has 42 heavy (non-hydrogen) atoms. The van der Waals surface area contributed by atoms with Crippen molar-refractivity contribution in [2.75, 3.05) is 52.3 Å². The lowest BCUT2D eigenvalue weighted by Gasteiger charge is -2.31. The first-order chi connectivity index (χ1) is 19.7. The summed E-state index contributed by atoms with van der Waals surface area (Å²) >= 11 is 0. The third-order valence-corrected chi connectivity index (χ3v) is 6.62. The number of nitrogens with zero attached hydrogens (tertiary/aromatic N) is 4. The Labute approximate surface area is 243 Å². The van der Waals surface area contributed by atoms with Crippen molar-refractivity contribution >= 4 is 23.6 Å². The van der Waals surface area contributed by atoms with Crippen molar-refractivity contribution in [2.24, 2.45) is 0 Å². The van der Waals surface area contributed by atoms with E-state index in [4.69, 9.17) is 9.47 Å². The third-order valence-electron chi connectivity index (χ3n) is 6.62. The van der Waals surface area contributed by atoms with Gasteiger partial charge < -0.3 is 29.5 Å².